The Morgan fingerprint density at radius 3 is 2.45 bits per heavy atom. The highest BCUT2D eigenvalue weighted by atomic mass is 16.5. The van der Waals surface area contributed by atoms with Crippen molar-refractivity contribution in [2.75, 3.05) is 25.1 Å². The van der Waals surface area contributed by atoms with E-state index in [4.69, 9.17) is 9.72 Å². The highest BCUT2D eigenvalue weighted by Gasteiger charge is 2.30. The zero-order valence-corrected chi connectivity index (χ0v) is 23.5. The lowest BCUT2D eigenvalue weighted by Crippen LogP contribution is -2.56. The molecule has 1 aliphatic heterocycles. The van der Waals surface area contributed by atoms with Crippen LogP contribution in [0.25, 0.3) is 16.6 Å². The third-order valence-electron chi connectivity index (χ3n) is 7.10. The predicted molar refractivity (Wildman–Crippen MR) is 154 cm³/mol. The SMILES string of the molecule is COc1ccc(CN2[C@H](C)CN(c3ccc(-c4cc(C#CC(C)(C)O)cn5ncc(C#N)c45)cn3)C[C@@H]2C)cn1. The Balaban J connectivity index is 1.38. The van der Waals surface area contributed by atoms with Gasteiger partial charge in [-0.25, -0.2) is 14.5 Å². The Hall–Kier alpha value is -4.44. The van der Waals surface area contributed by atoms with Crippen LogP contribution in [0.1, 0.15) is 44.4 Å². The van der Waals surface area contributed by atoms with E-state index in [-0.39, 0.29) is 0 Å². The van der Waals surface area contributed by atoms with Crippen LogP contribution in [0.3, 0.4) is 0 Å². The van der Waals surface area contributed by atoms with E-state index in [1.54, 1.807) is 37.9 Å². The number of ether oxygens (including phenoxy) is 1. The molecule has 204 valence electrons. The van der Waals surface area contributed by atoms with Gasteiger partial charge in [0, 0.05) is 73.1 Å². The lowest BCUT2D eigenvalue weighted by Gasteiger charge is -2.45. The monoisotopic (exact) mass is 535 g/mol. The van der Waals surface area contributed by atoms with Crippen LogP contribution in [0.15, 0.2) is 55.1 Å². The summed E-state index contributed by atoms with van der Waals surface area (Å²) in [7, 11) is 1.62. The largest absolute Gasteiger partial charge is 0.481 e. The molecule has 0 unspecified atom stereocenters. The zero-order valence-electron chi connectivity index (χ0n) is 23.5. The number of aromatic nitrogens is 4. The number of piperazine rings is 1. The molecule has 1 fully saturated rings. The summed E-state index contributed by atoms with van der Waals surface area (Å²) in [5.74, 6) is 7.41. The van der Waals surface area contributed by atoms with E-state index in [2.05, 4.69) is 57.7 Å². The van der Waals surface area contributed by atoms with Gasteiger partial charge in [0.05, 0.1) is 24.4 Å². The van der Waals surface area contributed by atoms with E-state index >= 15 is 0 Å². The van der Waals surface area contributed by atoms with Crippen molar-refractivity contribution in [1.82, 2.24) is 24.5 Å². The smallest absolute Gasteiger partial charge is 0.212 e. The molecule has 4 aromatic rings. The summed E-state index contributed by atoms with van der Waals surface area (Å²) < 4.78 is 6.85. The third-order valence-corrected chi connectivity index (χ3v) is 7.10. The predicted octanol–water partition coefficient (Wildman–Crippen LogP) is 3.89. The number of rotatable bonds is 5. The molecule has 0 aromatic carbocycles. The van der Waals surface area contributed by atoms with Gasteiger partial charge in [-0.05, 0) is 51.5 Å². The van der Waals surface area contributed by atoms with Gasteiger partial charge in [0.1, 0.15) is 17.5 Å². The molecule has 5 heterocycles. The second-order valence-electron chi connectivity index (χ2n) is 10.8. The van der Waals surface area contributed by atoms with Crippen LogP contribution in [0, 0.1) is 23.2 Å². The summed E-state index contributed by atoms with van der Waals surface area (Å²) in [6.07, 6.45) is 7.05. The molecular weight excluding hydrogens is 502 g/mol. The number of aliphatic hydroxyl groups is 1. The third kappa shape index (κ3) is 5.76. The fourth-order valence-electron chi connectivity index (χ4n) is 5.14. The first kappa shape index (κ1) is 27.1. The van der Waals surface area contributed by atoms with Gasteiger partial charge in [-0.2, -0.15) is 10.4 Å². The molecule has 2 atom stereocenters. The first-order valence-electron chi connectivity index (χ1n) is 13.3. The molecule has 9 nitrogen and oxygen atoms in total. The molecule has 40 heavy (non-hydrogen) atoms. The summed E-state index contributed by atoms with van der Waals surface area (Å²) in [6, 6.07) is 12.8. The molecule has 0 bridgehead atoms. The Kier molecular flexibility index (Phi) is 7.44. The molecule has 1 aliphatic rings. The highest BCUT2D eigenvalue weighted by Crippen LogP contribution is 2.30. The second kappa shape index (κ2) is 11.0. The maximum absolute atomic E-state index is 10.1. The Bertz CT molecular complexity index is 1590. The van der Waals surface area contributed by atoms with E-state index in [1.807, 2.05) is 36.7 Å². The lowest BCUT2D eigenvalue weighted by molar-refractivity contribution is 0.122. The number of methoxy groups -OCH3 is 1. The van der Waals surface area contributed by atoms with Crippen LogP contribution in [0.2, 0.25) is 0 Å². The molecule has 0 amide bonds. The van der Waals surface area contributed by atoms with E-state index in [9.17, 15) is 10.4 Å². The molecule has 1 N–H and O–H groups in total. The summed E-state index contributed by atoms with van der Waals surface area (Å²) >= 11 is 0. The average Bonchev–Trinajstić information content (AvgIpc) is 3.36. The Morgan fingerprint density at radius 1 is 1.07 bits per heavy atom. The van der Waals surface area contributed by atoms with Crippen molar-refractivity contribution in [3.63, 3.8) is 0 Å². The van der Waals surface area contributed by atoms with Crippen LogP contribution in [-0.4, -0.2) is 67.5 Å². The van der Waals surface area contributed by atoms with Crippen LogP contribution in [-0.2, 0) is 6.54 Å². The zero-order chi connectivity index (χ0) is 28.4. The van der Waals surface area contributed by atoms with Crippen molar-refractivity contribution in [3.8, 4) is 34.9 Å². The molecule has 0 aliphatic carbocycles. The quantitative estimate of drug-likeness (QED) is 0.384. The standard InChI is InChI=1S/C31H33N7O2/c1-21-17-36(18-22(2)37(21)19-24-6-9-29(40-5)34-14-24)28-8-7-25(15-33-28)27-12-23(10-11-31(3,4)39)20-38-30(27)26(13-32)16-35-38/h6-9,12,14-16,20-22,39H,17-19H2,1-5H3/t21-,22+. The molecule has 0 radical (unpaired) electrons. The first-order chi connectivity index (χ1) is 19.1. The fourth-order valence-corrected chi connectivity index (χ4v) is 5.14. The normalized spacial score (nSPS) is 17.8. The molecule has 4 aromatic heterocycles. The minimum Gasteiger partial charge on any atom is -0.481 e. The average molecular weight is 536 g/mol. The van der Waals surface area contributed by atoms with Gasteiger partial charge in [-0.15, -0.1) is 0 Å². The van der Waals surface area contributed by atoms with E-state index in [1.165, 1.54) is 0 Å². The summed E-state index contributed by atoms with van der Waals surface area (Å²) in [5, 5.41) is 24.1. The maximum Gasteiger partial charge on any atom is 0.212 e. The first-order valence-corrected chi connectivity index (χ1v) is 13.3. The molecule has 0 saturated carbocycles. The minimum atomic E-state index is -1.12. The number of anilines is 1. The van der Waals surface area contributed by atoms with E-state index < -0.39 is 5.60 Å². The number of nitrogens with zero attached hydrogens (tertiary/aromatic N) is 7. The van der Waals surface area contributed by atoms with Crippen LogP contribution in [0.4, 0.5) is 5.82 Å². The van der Waals surface area contributed by atoms with Gasteiger partial charge in [0.2, 0.25) is 5.88 Å². The molecule has 0 spiro atoms. The van der Waals surface area contributed by atoms with E-state index in [0.717, 1.165) is 42.1 Å². The fraction of sp³-hybridized carbons (Fsp3) is 0.355. The Labute approximate surface area is 234 Å². The molecule has 5 rings (SSSR count). The van der Waals surface area contributed by atoms with Gasteiger partial charge in [0.15, 0.2) is 0 Å². The lowest BCUT2D eigenvalue weighted by atomic mass is 10.0. The van der Waals surface area contributed by atoms with Crippen LogP contribution < -0.4 is 9.64 Å². The molecule has 1 saturated heterocycles. The number of pyridine rings is 3. The van der Waals surface area contributed by atoms with Crippen molar-refractivity contribution < 1.29 is 9.84 Å². The van der Waals surface area contributed by atoms with Gasteiger partial charge in [0.25, 0.3) is 0 Å². The minimum absolute atomic E-state index is 0.322. The van der Waals surface area contributed by atoms with Crippen LogP contribution in [0.5, 0.6) is 5.88 Å². The summed E-state index contributed by atoms with van der Waals surface area (Å²) in [5.41, 5.74) is 3.59. The highest BCUT2D eigenvalue weighted by molar-refractivity contribution is 5.85. The summed E-state index contributed by atoms with van der Waals surface area (Å²) in [4.78, 5) is 14.0. The Morgan fingerprint density at radius 2 is 1.85 bits per heavy atom. The van der Waals surface area contributed by atoms with Gasteiger partial charge < -0.3 is 14.7 Å². The number of fused-ring (bicyclic) bond motifs is 1. The van der Waals surface area contributed by atoms with Crippen molar-refractivity contribution in [3.05, 3.63) is 71.8 Å². The van der Waals surface area contributed by atoms with Crippen molar-refractivity contribution in [2.45, 2.75) is 51.9 Å². The number of hydrogen-bond donors (Lipinski definition) is 1. The van der Waals surface area contributed by atoms with Crippen molar-refractivity contribution in [2.24, 2.45) is 0 Å². The van der Waals surface area contributed by atoms with Crippen molar-refractivity contribution >= 4 is 11.3 Å². The second-order valence-corrected chi connectivity index (χ2v) is 10.8. The van der Waals surface area contributed by atoms with Gasteiger partial charge in [-0.1, -0.05) is 17.9 Å². The molecular formula is C31H33N7O2. The van der Waals surface area contributed by atoms with Crippen LogP contribution >= 0.6 is 0 Å². The molecule has 9 heteroatoms. The van der Waals surface area contributed by atoms with Crippen molar-refractivity contribution in [1.29, 1.82) is 5.26 Å². The van der Waals surface area contributed by atoms with Gasteiger partial charge in [-0.3, -0.25) is 4.90 Å². The van der Waals surface area contributed by atoms with Gasteiger partial charge >= 0.3 is 0 Å². The summed E-state index contributed by atoms with van der Waals surface area (Å²) in [6.45, 7) is 10.3. The van der Waals surface area contributed by atoms with E-state index in [0.29, 0.717) is 34.6 Å². The number of nitriles is 1. The topological polar surface area (TPSA) is 103 Å². The number of hydrogen-bond acceptors (Lipinski definition) is 8. The maximum atomic E-state index is 10.1.